The highest BCUT2D eigenvalue weighted by molar-refractivity contribution is 8.01. The van der Waals surface area contributed by atoms with Gasteiger partial charge in [0, 0.05) is 28.4 Å². The highest BCUT2D eigenvalue weighted by Gasteiger charge is 2.30. The molecule has 1 aliphatic heterocycles. The fraction of sp³-hybridized carbons (Fsp3) is 0.263. The Morgan fingerprint density at radius 2 is 2.00 bits per heavy atom. The van der Waals surface area contributed by atoms with Gasteiger partial charge in [-0.15, -0.1) is 11.8 Å². The van der Waals surface area contributed by atoms with Crippen molar-refractivity contribution in [3.05, 3.63) is 52.5 Å². The molecular weight excluding hydrogens is 407 g/mol. The van der Waals surface area contributed by atoms with Crippen LogP contribution in [0, 0.1) is 0 Å². The maximum atomic E-state index is 12.5. The smallest absolute Gasteiger partial charge is 0.238 e. The van der Waals surface area contributed by atoms with Gasteiger partial charge >= 0.3 is 0 Å². The van der Waals surface area contributed by atoms with Gasteiger partial charge < -0.3 is 15.0 Å². The molecule has 1 N–H and O–H groups in total. The molecule has 1 heterocycles. The van der Waals surface area contributed by atoms with Crippen molar-refractivity contribution in [3.8, 4) is 5.75 Å². The number of nitrogens with zero attached hydrogens (tertiary/aromatic N) is 1. The van der Waals surface area contributed by atoms with Crippen molar-refractivity contribution in [3.63, 3.8) is 0 Å². The normalized spacial score (nSPS) is 15.7. The number of rotatable bonds is 6. The maximum Gasteiger partial charge on any atom is 0.238 e. The standard InChI is InChI=1S/C19H18Cl2N2O3S/c1-23(7-8-26-14-4-2-3-12(20)9-14)18(24)11-17-19(25)22-15-10-13(21)5-6-16(15)27-17/h2-6,9-10,17H,7-8,11H2,1H3,(H,22,25). The lowest BCUT2D eigenvalue weighted by Gasteiger charge is -2.25. The molecule has 1 aliphatic rings. The van der Waals surface area contributed by atoms with Gasteiger partial charge in [-0.25, -0.2) is 0 Å². The van der Waals surface area contributed by atoms with Crippen LogP contribution >= 0.6 is 35.0 Å². The van der Waals surface area contributed by atoms with Crippen LogP contribution in [-0.2, 0) is 9.59 Å². The van der Waals surface area contributed by atoms with Crippen LogP contribution < -0.4 is 10.1 Å². The number of fused-ring (bicyclic) bond motifs is 1. The second-order valence-electron chi connectivity index (χ2n) is 6.06. The number of ether oxygens (including phenoxy) is 1. The first-order valence-corrected chi connectivity index (χ1v) is 9.95. The predicted octanol–water partition coefficient (Wildman–Crippen LogP) is 4.33. The first-order valence-electron chi connectivity index (χ1n) is 8.32. The summed E-state index contributed by atoms with van der Waals surface area (Å²) in [5.74, 6) is 0.349. The number of benzene rings is 2. The Morgan fingerprint density at radius 3 is 2.78 bits per heavy atom. The van der Waals surface area contributed by atoms with Gasteiger partial charge in [0.15, 0.2) is 0 Å². The third kappa shape index (κ3) is 5.31. The van der Waals surface area contributed by atoms with Gasteiger partial charge in [0.2, 0.25) is 11.8 Å². The Balaban J connectivity index is 1.50. The number of hydrogen-bond acceptors (Lipinski definition) is 4. The molecule has 2 aromatic carbocycles. The molecule has 1 atom stereocenters. The van der Waals surface area contributed by atoms with E-state index in [1.165, 1.54) is 11.8 Å². The van der Waals surface area contributed by atoms with E-state index in [1.54, 1.807) is 48.3 Å². The summed E-state index contributed by atoms with van der Waals surface area (Å²) in [5, 5.41) is 3.50. The largest absolute Gasteiger partial charge is 0.492 e. The van der Waals surface area contributed by atoms with E-state index in [2.05, 4.69) is 5.32 Å². The van der Waals surface area contributed by atoms with Crippen LogP contribution in [-0.4, -0.2) is 42.2 Å². The minimum absolute atomic E-state index is 0.116. The molecule has 8 heteroatoms. The van der Waals surface area contributed by atoms with Gasteiger partial charge in [0.05, 0.1) is 17.5 Å². The molecule has 5 nitrogen and oxygen atoms in total. The van der Waals surface area contributed by atoms with Crippen molar-refractivity contribution in [2.75, 3.05) is 25.5 Å². The minimum atomic E-state index is -0.470. The Bertz CT molecular complexity index is 863. The predicted molar refractivity (Wildman–Crippen MR) is 109 cm³/mol. The molecule has 2 amide bonds. The lowest BCUT2D eigenvalue weighted by atomic mass is 10.2. The number of nitrogens with one attached hydrogen (secondary N) is 1. The van der Waals surface area contributed by atoms with Gasteiger partial charge in [-0.05, 0) is 36.4 Å². The van der Waals surface area contributed by atoms with Crippen LogP contribution in [0.25, 0.3) is 0 Å². The van der Waals surface area contributed by atoms with Crippen molar-refractivity contribution in [1.82, 2.24) is 4.90 Å². The van der Waals surface area contributed by atoms with E-state index in [0.29, 0.717) is 34.6 Å². The summed E-state index contributed by atoms with van der Waals surface area (Å²) in [5.41, 5.74) is 0.685. The average molecular weight is 425 g/mol. The van der Waals surface area contributed by atoms with Crippen molar-refractivity contribution in [2.24, 2.45) is 0 Å². The van der Waals surface area contributed by atoms with E-state index in [4.69, 9.17) is 27.9 Å². The highest BCUT2D eigenvalue weighted by atomic mass is 35.5. The molecule has 0 aliphatic carbocycles. The summed E-state index contributed by atoms with van der Waals surface area (Å²) < 4.78 is 5.60. The lowest BCUT2D eigenvalue weighted by Crippen LogP contribution is -2.37. The summed E-state index contributed by atoms with van der Waals surface area (Å²) in [6, 6.07) is 12.4. The van der Waals surface area contributed by atoms with Crippen molar-refractivity contribution >= 4 is 52.5 Å². The van der Waals surface area contributed by atoms with E-state index in [-0.39, 0.29) is 18.2 Å². The number of carbonyl (C=O) groups is 2. The molecule has 142 valence electrons. The highest BCUT2D eigenvalue weighted by Crippen LogP contribution is 2.38. The van der Waals surface area contributed by atoms with Crippen molar-refractivity contribution in [2.45, 2.75) is 16.6 Å². The molecule has 0 saturated carbocycles. The second-order valence-corrected chi connectivity index (χ2v) is 8.18. The third-order valence-corrected chi connectivity index (χ3v) is 5.78. The molecule has 2 aromatic rings. The average Bonchev–Trinajstić information content (AvgIpc) is 2.62. The maximum absolute atomic E-state index is 12.5. The molecule has 0 fully saturated rings. The van der Waals surface area contributed by atoms with E-state index < -0.39 is 5.25 Å². The zero-order valence-corrected chi connectivity index (χ0v) is 16.9. The molecule has 0 aromatic heterocycles. The van der Waals surface area contributed by atoms with Crippen LogP contribution in [0.1, 0.15) is 6.42 Å². The van der Waals surface area contributed by atoms with Crippen LogP contribution in [0.4, 0.5) is 5.69 Å². The Hall–Kier alpha value is -1.89. The van der Waals surface area contributed by atoms with Gasteiger partial charge in [0.25, 0.3) is 0 Å². The van der Waals surface area contributed by atoms with Crippen molar-refractivity contribution in [1.29, 1.82) is 0 Å². The van der Waals surface area contributed by atoms with Crippen LogP contribution in [0.5, 0.6) is 5.75 Å². The summed E-state index contributed by atoms with van der Waals surface area (Å²) in [7, 11) is 1.70. The molecule has 1 unspecified atom stereocenters. The number of thioether (sulfide) groups is 1. The first-order chi connectivity index (χ1) is 12.9. The second kappa shape index (κ2) is 8.87. The zero-order chi connectivity index (χ0) is 19.4. The lowest BCUT2D eigenvalue weighted by molar-refractivity contribution is -0.131. The number of halogens is 2. The third-order valence-electron chi connectivity index (χ3n) is 4.04. The summed E-state index contributed by atoms with van der Waals surface area (Å²) in [4.78, 5) is 27.2. The summed E-state index contributed by atoms with van der Waals surface area (Å²) >= 11 is 13.2. The number of amides is 2. The number of likely N-dealkylation sites (N-methyl/N-ethyl adjacent to an activating group) is 1. The van der Waals surface area contributed by atoms with Crippen molar-refractivity contribution < 1.29 is 14.3 Å². The quantitative estimate of drug-likeness (QED) is 0.749. The Morgan fingerprint density at radius 1 is 1.22 bits per heavy atom. The SMILES string of the molecule is CN(CCOc1cccc(Cl)c1)C(=O)CC1Sc2ccc(Cl)cc2NC1=O. The summed E-state index contributed by atoms with van der Waals surface area (Å²) in [6.07, 6.45) is 0.117. The first kappa shape index (κ1) is 19.9. The molecule has 27 heavy (non-hydrogen) atoms. The molecular formula is C19H18Cl2N2O3S. The monoisotopic (exact) mass is 424 g/mol. The van der Waals surface area contributed by atoms with E-state index in [1.807, 2.05) is 6.07 Å². The van der Waals surface area contributed by atoms with E-state index >= 15 is 0 Å². The Kier molecular flexibility index (Phi) is 6.52. The van der Waals surface area contributed by atoms with Gasteiger partial charge in [-0.1, -0.05) is 29.3 Å². The molecule has 0 bridgehead atoms. The Labute approximate surface area is 172 Å². The van der Waals surface area contributed by atoms with E-state index in [0.717, 1.165) is 4.90 Å². The van der Waals surface area contributed by atoms with Gasteiger partial charge in [0.1, 0.15) is 12.4 Å². The molecule has 0 saturated heterocycles. The molecule has 0 radical (unpaired) electrons. The number of carbonyl (C=O) groups excluding carboxylic acids is 2. The van der Waals surface area contributed by atoms with Crippen LogP contribution in [0.2, 0.25) is 10.0 Å². The zero-order valence-electron chi connectivity index (χ0n) is 14.6. The van der Waals surface area contributed by atoms with Gasteiger partial charge in [-0.3, -0.25) is 9.59 Å². The number of anilines is 1. The molecule has 0 spiro atoms. The minimum Gasteiger partial charge on any atom is -0.492 e. The molecule has 3 rings (SSSR count). The summed E-state index contributed by atoms with van der Waals surface area (Å²) in [6.45, 7) is 0.754. The van der Waals surface area contributed by atoms with Crippen LogP contribution in [0.15, 0.2) is 47.4 Å². The van der Waals surface area contributed by atoms with E-state index in [9.17, 15) is 9.59 Å². The fourth-order valence-electron chi connectivity index (χ4n) is 2.55. The van der Waals surface area contributed by atoms with Crippen LogP contribution in [0.3, 0.4) is 0 Å². The fourth-order valence-corrected chi connectivity index (χ4v) is 3.99. The number of hydrogen-bond donors (Lipinski definition) is 1. The van der Waals surface area contributed by atoms with Gasteiger partial charge in [-0.2, -0.15) is 0 Å². The topological polar surface area (TPSA) is 58.6 Å².